The van der Waals surface area contributed by atoms with Gasteiger partial charge in [0.1, 0.15) is 0 Å². The molecular weight excluding hydrogens is 202 g/mol. The molecule has 0 bridgehead atoms. The zero-order chi connectivity index (χ0) is 12.1. The fraction of sp³-hybridized carbons (Fsp3) is 0.417. The van der Waals surface area contributed by atoms with Crippen molar-refractivity contribution >= 4 is 11.6 Å². The molecule has 0 heterocycles. The van der Waals surface area contributed by atoms with Crippen LogP contribution in [-0.2, 0) is 0 Å². The number of amides is 1. The molecule has 0 aliphatic heterocycles. The second-order valence-electron chi connectivity index (χ2n) is 4.18. The van der Waals surface area contributed by atoms with Crippen molar-refractivity contribution in [3.63, 3.8) is 0 Å². The van der Waals surface area contributed by atoms with Gasteiger partial charge in [0, 0.05) is 25.8 Å². The molecule has 0 aliphatic rings. The van der Waals surface area contributed by atoms with E-state index in [0.29, 0.717) is 11.6 Å². The standard InChI is InChI=1S/C12H19N3O/c1-9(2)13-11-8-6-5-7-10(11)12(16)14-15(3)4/h5-9,13H,1-4H3,(H,14,16). The first-order valence-electron chi connectivity index (χ1n) is 5.34. The summed E-state index contributed by atoms with van der Waals surface area (Å²) in [6.45, 7) is 4.08. The average molecular weight is 221 g/mol. The highest BCUT2D eigenvalue weighted by atomic mass is 16.2. The van der Waals surface area contributed by atoms with Crippen molar-refractivity contribution in [2.45, 2.75) is 19.9 Å². The van der Waals surface area contributed by atoms with Crippen LogP contribution < -0.4 is 10.7 Å². The third-order valence-electron chi connectivity index (χ3n) is 1.94. The second kappa shape index (κ2) is 5.51. The van der Waals surface area contributed by atoms with Crippen molar-refractivity contribution in [2.75, 3.05) is 19.4 Å². The third kappa shape index (κ3) is 3.55. The van der Waals surface area contributed by atoms with Gasteiger partial charge in [0.25, 0.3) is 5.91 Å². The van der Waals surface area contributed by atoms with Gasteiger partial charge in [0.2, 0.25) is 0 Å². The van der Waals surface area contributed by atoms with E-state index in [0.717, 1.165) is 5.69 Å². The van der Waals surface area contributed by atoms with E-state index in [2.05, 4.69) is 10.7 Å². The Labute approximate surface area is 96.6 Å². The van der Waals surface area contributed by atoms with E-state index in [9.17, 15) is 4.79 Å². The summed E-state index contributed by atoms with van der Waals surface area (Å²) in [5, 5.41) is 4.88. The summed E-state index contributed by atoms with van der Waals surface area (Å²) >= 11 is 0. The summed E-state index contributed by atoms with van der Waals surface area (Å²) in [4.78, 5) is 11.9. The average Bonchev–Trinajstić information content (AvgIpc) is 2.16. The minimum absolute atomic E-state index is 0.103. The Hall–Kier alpha value is -1.55. The predicted octanol–water partition coefficient (Wildman–Crippen LogP) is 1.71. The van der Waals surface area contributed by atoms with Gasteiger partial charge in [0.15, 0.2) is 0 Å². The van der Waals surface area contributed by atoms with Crippen LogP contribution in [0.4, 0.5) is 5.69 Å². The van der Waals surface area contributed by atoms with Crippen LogP contribution in [0.25, 0.3) is 0 Å². The maximum absolute atomic E-state index is 11.9. The molecule has 4 heteroatoms. The molecular formula is C12H19N3O. The molecule has 1 aromatic carbocycles. The molecule has 0 aromatic heterocycles. The van der Waals surface area contributed by atoms with Gasteiger partial charge in [0.05, 0.1) is 5.56 Å². The lowest BCUT2D eigenvalue weighted by Crippen LogP contribution is -2.36. The highest BCUT2D eigenvalue weighted by molar-refractivity contribution is 5.99. The SMILES string of the molecule is CC(C)Nc1ccccc1C(=O)NN(C)C. The van der Waals surface area contributed by atoms with Gasteiger partial charge in [-0.3, -0.25) is 10.2 Å². The van der Waals surface area contributed by atoms with Crippen LogP contribution in [0.1, 0.15) is 24.2 Å². The monoisotopic (exact) mass is 221 g/mol. The Morgan fingerprint density at radius 3 is 2.44 bits per heavy atom. The molecule has 1 aromatic rings. The topological polar surface area (TPSA) is 44.4 Å². The molecule has 1 amide bonds. The summed E-state index contributed by atoms with van der Waals surface area (Å²) in [5.74, 6) is -0.103. The van der Waals surface area contributed by atoms with E-state index < -0.39 is 0 Å². The summed E-state index contributed by atoms with van der Waals surface area (Å²) in [5.41, 5.74) is 4.24. The minimum Gasteiger partial charge on any atom is -0.382 e. The minimum atomic E-state index is -0.103. The first-order chi connectivity index (χ1) is 7.50. The maximum Gasteiger partial charge on any atom is 0.267 e. The molecule has 0 unspecified atom stereocenters. The second-order valence-corrected chi connectivity index (χ2v) is 4.18. The number of carbonyl (C=O) groups excluding carboxylic acids is 1. The number of hydrazine groups is 1. The largest absolute Gasteiger partial charge is 0.382 e. The van der Waals surface area contributed by atoms with E-state index in [4.69, 9.17) is 0 Å². The van der Waals surface area contributed by atoms with Gasteiger partial charge in [-0.2, -0.15) is 0 Å². The number of rotatable bonds is 4. The Balaban J connectivity index is 2.89. The lowest BCUT2D eigenvalue weighted by atomic mass is 10.1. The Bertz CT molecular complexity index is 361. The number of nitrogens with zero attached hydrogens (tertiary/aromatic N) is 1. The van der Waals surface area contributed by atoms with Crippen LogP contribution in [-0.4, -0.2) is 31.1 Å². The Morgan fingerprint density at radius 1 is 1.25 bits per heavy atom. The van der Waals surface area contributed by atoms with Crippen LogP contribution in [0.5, 0.6) is 0 Å². The zero-order valence-electron chi connectivity index (χ0n) is 10.2. The quantitative estimate of drug-likeness (QED) is 0.761. The third-order valence-corrected chi connectivity index (χ3v) is 1.94. The molecule has 2 N–H and O–H groups in total. The fourth-order valence-corrected chi connectivity index (χ4v) is 1.38. The summed E-state index contributed by atoms with van der Waals surface area (Å²) in [6.07, 6.45) is 0. The zero-order valence-corrected chi connectivity index (χ0v) is 10.2. The van der Waals surface area contributed by atoms with Gasteiger partial charge in [-0.05, 0) is 26.0 Å². The van der Waals surface area contributed by atoms with Crippen LogP contribution >= 0.6 is 0 Å². The maximum atomic E-state index is 11.9. The molecule has 16 heavy (non-hydrogen) atoms. The van der Waals surface area contributed by atoms with Crippen molar-refractivity contribution in [1.29, 1.82) is 0 Å². The van der Waals surface area contributed by atoms with E-state index in [1.165, 1.54) is 0 Å². The first kappa shape index (κ1) is 12.5. The lowest BCUT2D eigenvalue weighted by molar-refractivity contribution is 0.0858. The molecule has 0 aliphatic carbocycles. The van der Waals surface area contributed by atoms with Gasteiger partial charge in [-0.15, -0.1) is 0 Å². The van der Waals surface area contributed by atoms with Crippen LogP contribution in [0, 0.1) is 0 Å². The molecule has 88 valence electrons. The number of anilines is 1. The van der Waals surface area contributed by atoms with Crippen molar-refractivity contribution in [3.8, 4) is 0 Å². The Morgan fingerprint density at radius 2 is 1.88 bits per heavy atom. The molecule has 0 spiro atoms. The highest BCUT2D eigenvalue weighted by Gasteiger charge is 2.11. The lowest BCUT2D eigenvalue weighted by Gasteiger charge is -2.16. The van der Waals surface area contributed by atoms with E-state index >= 15 is 0 Å². The molecule has 0 saturated heterocycles. The van der Waals surface area contributed by atoms with Gasteiger partial charge in [-0.25, -0.2) is 5.01 Å². The van der Waals surface area contributed by atoms with Gasteiger partial charge >= 0.3 is 0 Å². The molecule has 1 rings (SSSR count). The van der Waals surface area contributed by atoms with Crippen LogP contribution in [0.2, 0.25) is 0 Å². The van der Waals surface area contributed by atoms with Crippen LogP contribution in [0.3, 0.4) is 0 Å². The van der Waals surface area contributed by atoms with Gasteiger partial charge < -0.3 is 5.32 Å². The van der Waals surface area contributed by atoms with E-state index in [1.54, 1.807) is 19.1 Å². The first-order valence-corrected chi connectivity index (χ1v) is 5.34. The van der Waals surface area contributed by atoms with Crippen molar-refractivity contribution < 1.29 is 4.79 Å². The number of para-hydroxylation sites is 1. The molecule has 0 fully saturated rings. The van der Waals surface area contributed by atoms with Crippen molar-refractivity contribution in [1.82, 2.24) is 10.4 Å². The van der Waals surface area contributed by atoms with Crippen molar-refractivity contribution in [2.24, 2.45) is 0 Å². The molecule has 4 nitrogen and oxygen atoms in total. The number of benzene rings is 1. The molecule has 0 saturated carbocycles. The van der Waals surface area contributed by atoms with Crippen LogP contribution in [0.15, 0.2) is 24.3 Å². The van der Waals surface area contributed by atoms with E-state index in [1.807, 2.05) is 38.1 Å². The number of carbonyl (C=O) groups is 1. The fourth-order valence-electron chi connectivity index (χ4n) is 1.38. The summed E-state index contributed by atoms with van der Waals surface area (Å²) in [7, 11) is 3.58. The summed E-state index contributed by atoms with van der Waals surface area (Å²) < 4.78 is 0. The number of hydrogen-bond donors (Lipinski definition) is 2. The molecule has 0 atom stereocenters. The van der Waals surface area contributed by atoms with Gasteiger partial charge in [-0.1, -0.05) is 12.1 Å². The number of hydrogen-bond acceptors (Lipinski definition) is 3. The smallest absolute Gasteiger partial charge is 0.267 e. The van der Waals surface area contributed by atoms with Crippen molar-refractivity contribution in [3.05, 3.63) is 29.8 Å². The normalized spacial score (nSPS) is 10.6. The number of nitrogens with one attached hydrogen (secondary N) is 2. The highest BCUT2D eigenvalue weighted by Crippen LogP contribution is 2.15. The Kier molecular flexibility index (Phi) is 4.31. The summed E-state index contributed by atoms with van der Waals surface area (Å²) in [6, 6.07) is 7.79. The predicted molar refractivity (Wildman–Crippen MR) is 66.4 cm³/mol. The van der Waals surface area contributed by atoms with E-state index in [-0.39, 0.29) is 5.91 Å². The molecule has 0 radical (unpaired) electrons.